The molecule has 0 atom stereocenters. The number of ether oxygens (including phenoxy) is 1. The van der Waals surface area contributed by atoms with Crippen molar-refractivity contribution in [2.45, 2.75) is 70.7 Å². The molecule has 1 aliphatic rings. The second kappa shape index (κ2) is 10.3. The Labute approximate surface area is 210 Å². The molecular formula is C27H39N5O2Si. The summed E-state index contributed by atoms with van der Waals surface area (Å²) in [6, 6.07) is 3.63. The lowest BCUT2D eigenvalue weighted by Gasteiger charge is -2.30. The highest BCUT2D eigenvalue weighted by molar-refractivity contribution is 6.76. The minimum Gasteiger partial charge on any atom is -0.378 e. The lowest BCUT2D eigenvalue weighted by Crippen LogP contribution is -2.31. The zero-order valence-corrected chi connectivity index (χ0v) is 23.0. The SMILES string of the molecule is CN1CCC(n2cc(-c3cnn(COCC[Si](C)(C)C)c3)c3cc(C#CC(C)(C)O)ncc32)CC1. The van der Waals surface area contributed by atoms with Gasteiger partial charge in [0.05, 0.1) is 17.9 Å². The lowest BCUT2D eigenvalue weighted by molar-refractivity contribution is 0.0786. The first-order chi connectivity index (χ1) is 16.5. The molecule has 0 aromatic carbocycles. The maximum atomic E-state index is 10.0. The Balaban J connectivity index is 1.65. The molecule has 188 valence electrons. The van der Waals surface area contributed by atoms with E-state index in [0.29, 0.717) is 18.5 Å². The molecule has 8 heteroatoms. The lowest BCUT2D eigenvalue weighted by atomic mass is 10.1. The first-order valence-electron chi connectivity index (χ1n) is 12.5. The van der Waals surface area contributed by atoms with E-state index in [4.69, 9.17) is 4.74 Å². The van der Waals surface area contributed by atoms with E-state index in [0.717, 1.165) is 60.6 Å². The molecule has 1 N–H and O–H groups in total. The predicted molar refractivity (Wildman–Crippen MR) is 144 cm³/mol. The number of hydrogen-bond donors (Lipinski definition) is 1. The predicted octanol–water partition coefficient (Wildman–Crippen LogP) is 4.60. The number of rotatable bonds is 7. The van der Waals surface area contributed by atoms with Crippen LogP contribution in [0.25, 0.3) is 22.0 Å². The van der Waals surface area contributed by atoms with Crippen LogP contribution in [-0.4, -0.2) is 69.8 Å². The van der Waals surface area contributed by atoms with Gasteiger partial charge in [0.1, 0.15) is 18.0 Å². The van der Waals surface area contributed by atoms with Crippen molar-refractivity contribution in [1.29, 1.82) is 0 Å². The highest BCUT2D eigenvalue weighted by Crippen LogP contribution is 2.35. The Bertz CT molecular complexity index is 1210. The monoisotopic (exact) mass is 493 g/mol. The third-order valence-electron chi connectivity index (χ3n) is 6.46. The molecule has 0 unspecified atom stereocenters. The average molecular weight is 494 g/mol. The number of nitrogens with zero attached hydrogens (tertiary/aromatic N) is 5. The molecular weight excluding hydrogens is 454 g/mol. The molecule has 0 amide bonds. The molecule has 4 heterocycles. The van der Waals surface area contributed by atoms with E-state index in [1.807, 2.05) is 23.1 Å². The first-order valence-corrected chi connectivity index (χ1v) is 16.2. The molecule has 35 heavy (non-hydrogen) atoms. The third-order valence-corrected chi connectivity index (χ3v) is 8.17. The fourth-order valence-electron chi connectivity index (χ4n) is 4.35. The molecule has 4 rings (SSSR count). The van der Waals surface area contributed by atoms with Crippen LogP contribution in [0.4, 0.5) is 0 Å². The van der Waals surface area contributed by atoms with Gasteiger partial charge in [-0.2, -0.15) is 5.10 Å². The van der Waals surface area contributed by atoms with Gasteiger partial charge < -0.3 is 19.3 Å². The van der Waals surface area contributed by atoms with Gasteiger partial charge in [0, 0.05) is 49.6 Å². The number of fused-ring (bicyclic) bond motifs is 1. The van der Waals surface area contributed by atoms with Gasteiger partial charge >= 0.3 is 0 Å². The molecule has 1 fully saturated rings. The summed E-state index contributed by atoms with van der Waals surface area (Å²) in [5, 5.41) is 15.7. The topological polar surface area (TPSA) is 68.3 Å². The van der Waals surface area contributed by atoms with E-state index in [9.17, 15) is 5.11 Å². The van der Waals surface area contributed by atoms with Gasteiger partial charge in [0.25, 0.3) is 0 Å². The smallest absolute Gasteiger partial charge is 0.139 e. The van der Waals surface area contributed by atoms with Gasteiger partial charge in [-0.15, -0.1) is 0 Å². The van der Waals surface area contributed by atoms with E-state index in [1.54, 1.807) is 13.8 Å². The second-order valence-electron chi connectivity index (χ2n) is 11.5. The molecule has 0 bridgehead atoms. The van der Waals surface area contributed by atoms with Gasteiger partial charge in [-0.25, -0.2) is 9.67 Å². The van der Waals surface area contributed by atoms with Crippen molar-refractivity contribution >= 4 is 19.0 Å². The summed E-state index contributed by atoms with van der Waals surface area (Å²) in [5.41, 5.74) is 2.89. The summed E-state index contributed by atoms with van der Waals surface area (Å²) in [7, 11) is 1.08. The Morgan fingerprint density at radius 3 is 2.60 bits per heavy atom. The van der Waals surface area contributed by atoms with E-state index in [-0.39, 0.29) is 0 Å². The summed E-state index contributed by atoms with van der Waals surface area (Å²) in [6.07, 6.45) is 10.4. The van der Waals surface area contributed by atoms with Crippen LogP contribution in [0.1, 0.15) is 38.4 Å². The van der Waals surface area contributed by atoms with E-state index in [1.165, 1.54) is 0 Å². The molecule has 0 spiro atoms. The van der Waals surface area contributed by atoms with Crippen molar-refractivity contribution in [2.24, 2.45) is 0 Å². The molecule has 1 aliphatic heterocycles. The highest BCUT2D eigenvalue weighted by atomic mass is 28.3. The number of pyridine rings is 1. The number of likely N-dealkylation sites (tertiary alicyclic amines) is 1. The molecule has 0 saturated carbocycles. The van der Waals surface area contributed by atoms with Crippen LogP contribution >= 0.6 is 0 Å². The van der Waals surface area contributed by atoms with E-state index in [2.05, 4.69) is 70.5 Å². The van der Waals surface area contributed by atoms with E-state index < -0.39 is 13.7 Å². The van der Waals surface area contributed by atoms with Gasteiger partial charge in [-0.1, -0.05) is 25.6 Å². The standard InChI is InChI=1S/C27H39N5O2Si/c1-27(2,33)10-7-22-15-24-25(21-16-29-31(18-21)20-34-13-14-35(4,5)6)19-32(26(24)17-28-22)23-8-11-30(3)12-9-23/h15-19,23,33H,8-9,11-14,20H2,1-6H3. The summed E-state index contributed by atoms with van der Waals surface area (Å²) in [5.74, 6) is 5.92. The van der Waals surface area contributed by atoms with Crippen molar-refractivity contribution in [1.82, 2.24) is 24.2 Å². The van der Waals surface area contributed by atoms with Crippen molar-refractivity contribution in [3.05, 3.63) is 36.5 Å². The summed E-state index contributed by atoms with van der Waals surface area (Å²) in [6.45, 7) is 13.9. The molecule has 0 aliphatic carbocycles. The average Bonchev–Trinajstić information content (AvgIpc) is 3.39. The van der Waals surface area contributed by atoms with Gasteiger partial charge in [-0.05, 0) is 64.9 Å². The van der Waals surface area contributed by atoms with Crippen LogP contribution in [0.3, 0.4) is 0 Å². The van der Waals surface area contributed by atoms with E-state index >= 15 is 0 Å². The first kappa shape index (κ1) is 25.6. The summed E-state index contributed by atoms with van der Waals surface area (Å²) in [4.78, 5) is 7.00. The molecule has 3 aromatic rings. The Hall–Kier alpha value is -2.44. The van der Waals surface area contributed by atoms with Crippen molar-refractivity contribution in [3.8, 4) is 23.0 Å². The fourth-order valence-corrected chi connectivity index (χ4v) is 5.10. The van der Waals surface area contributed by atoms with Crippen LogP contribution in [0.2, 0.25) is 25.7 Å². The van der Waals surface area contributed by atoms with Crippen LogP contribution in [0.15, 0.2) is 30.9 Å². The zero-order chi connectivity index (χ0) is 25.2. The van der Waals surface area contributed by atoms with Crippen molar-refractivity contribution in [3.63, 3.8) is 0 Å². The molecule has 1 saturated heterocycles. The molecule has 3 aromatic heterocycles. The quantitative estimate of drug-likeness (QED) is 0.296. The second-order valence-corrected chi connectivity index (χ2v) is 17.1. The number of aromatic nitrogens is 4. The minimum atomic E-state index is -1.11. The number of hydrogen-bond acceptors (Lipinski definition) is 5. The summed E-state index contributed by atoms with van der Waals surface area (Å²) < 4.78 is 10.2. The maximum absolute atomic E-state index is 10.0. The van der Waals surface area contributed by atoms with Crippen LogP contribution in [0.5, 0.6) is 0 Å². The van der Waals surface area contributed by atoms with Crippen LogP contribution in [-0.2, 0) is 11.5 Å². The van der Waals surface area contributed by atoms with Gasteiger partial charge in [0.15, 0.2) is 0 Å². The number of aliphatic hydroxyl groups is 1. The van der Waals surface area contributed by atoms with Crippen molar-refractivity contribution in [2.75, 3.05) is 26.7 Å². The fraction of sp³-hybridized carbons (Fsp3) is 0.556. The van der Waals surface area contributed by atoms with Gasteiger partial charge in [0.2, 0.25) is 0 Å². The molecule has 7 nitrogen and oxygen atoms in total. The highest BCUT2D eigenvalue weighted by Gasteiger charge is 2.22. The zero-order valence-electron chi connectivity index (χ0n) is 22.0. The van der Waals surface area contributed by atoms with Crippen molar-refractivity contribution < 1.29 is 9.84 Å². The van der Waals surface area contributed by atoms with Crippen LogP contribution in [0, 0.1) is 11.8 Å². The Kier molecular flexibility index (Phi) is 7.53. The minimum absolute atomic E-state index is 0.442. The van der Waals surface area contributed by atoms with Gasteiger partial charge in [-0.3, -0.25) is 0 Å². The number of piperidine rings is 1. The molecule has 0 radical (unpaired) electrons. The Morgan fingerprint density at radius 1 is 1.17 bits per heavy atom. The van der Waals surface area contributed by atoms with Crippen LogP contribution < -0.4 is 0 Å². The normalized spacial score (nSPS) is 16.0. The maximum Gasteiger partial charge on any atom is 0.139 e. The third kappa shape index (κ3) is 6.82. The largest absolute Gasteiger partial charge is 0.378 e. The summed E-state index contributed by atoms with van der Waals surface area (Å²) >= 11 is 0. The Morgan fingerprint density at radius 2 is 1.91 bits per heavy atom.